The highest BCUT2D eigenvalue weighted by molar-refractivity contribution is 5.98. The third-order valence-corrected chi connectivity index (χ3v) is 1.70. The molecule has 11 heavy (non-hydrogen) atoms. The zero-order valence-electron chi connectivity index (χ0n) is 6.59. The van der Waals surface area contributed by atoms with Gasteiger partial charge in [0.25, 0.3) is 0 Å². The molecule has 1 heterocycles. The first-order chi connectivity index (χ1) is 4.92. The van der Waals surface area contributed by atoms with Crippen molar-refractivity contribution in [2.45, 2.75) is 25.9 Å². The standard InChI is InChI=1S/C7H11NO3/c1-7(2)3-4(5(8)9)6(10)11-7/h4H,3H2,1-2H3,(H2,8,9)/t4-/m1/s1. The first kappa shape index (κ1) is 8.04. The van der Waals surface area contributed by atoms with Gasteiger partial charge >= 0.3 is 5.97 Å². The number of amides is 1. The highest BCUT2D eigenvalue weighted by atomic mass is 16.6. The molecule has 1 fully saturated rings. The summed E-state index contributed by atoms with van der Waals surface area (Å²) in [5, 5.41) is 0. The number of carbonyl (C=O) groups is 2. The van der Waals surface area contributed by atoms with Crippen LogP contribution in [0.1, 0.15) is 20.3 Å². The van der Waals surface area contributed by atoms with Gasteiger partial charge in [0, 0.05) is 6.42 Å². The van der Waals surface area contributed by atoms with E-state index in [2.05, 4.69) is 0 Å². The van der Waals surface area contributed by atoms with E-state index in [1.807, 2.05) is 0 Å². The molecule has 0 aromatic rings. The van der Waals surface area contributed by atoms with Crippen molar-refractivity contribution in [3.63, 3.8) is 0 Å². The van der Waals surface area contributed by atoms with Crippen LogP contribution in [0.25, 0.3) is 0 Å². The minimum absolute atomic E-state index is 0.390. The third kappa shape index (κ3) is 1.50. The van der Waals surface area contributed by atoms with Crippen LogP contribution >= 0.6 is 0 Å². The Morgan fingerprint density at radius 3 is 2.45 bits per heavy atom. The largest absolute Gasteiger partial charge is 0.459 e. The molecule has 0 unspecified atom stereocenters. The van der Waals surface area contributed by atoms with Crippen LogP contribution < -0.4 is 5.73 Å². The van der Waals surface area contributed by atoms with E-state index in [-0.39, 0.29) is 0 Å². The molecule has 4 nitrogen and oxygen atoms in total. The molecule has 0 aliphatic carbocycles. The number of esters is 1. The highest BCUT2D eigenvalue weighted by Crippen LogP contribution is 2.29. The lowest BCUT2D eigenvalue weighted by atomic mass is 9.97. The maximum Gasteiger partial charge on any atom is 0.319 e. The molecule has 0 aromatic carbocycles. The van der Waals surface area contributed by atoms with Gasteiger partial charge < -0.3 is 10.5 Å². The first-order valence-electron chi connectivity index (χ1n) is 3.44. The van der Waals surface area contributed by atoms with Crippen molar-refractivity contribution in [1.82, 2.24) is 0 Å². The summed E-state index contributed by atoms with van der Waals surface area (Å²) >= 11 is 0. The molecule has 62 valence electrons. The van der Waals surface area contributed by atoms with E-state index in [1.54, 1.807) is 13.8 Å². The van der Waals surface area contributed by atoms with Crippen molar-refractivity contribution in [2.24, 2.45) is 11.7 Å². The predicted octanol–water partition coefficient (Wildman–Crippen LogP) is -0.187. The zero-order valence-corrected chi connectivity index (χ0v) is 6.59. The van der Waals surface area contributed by atoms with Crippen molar-refractivity contribution in [2.75, 3.05) is 0 Å². The summed E-state index contributed by atoms with van der Waals surface area (Å²) in [6.07, 6.45) is 0.390. The van der Waals surface area contributed by atoms with E-state index in [0.29, 0.717) is 6.42 Å². The Labute approximate surface area is 64.7 Å². The van der Waals surface area contributed by atoms with Gasteiger partial charge in [-0.3, -0.25) is 9.59 Å². The molecular formula is C7H11NO3. The molecule has 0 aromatic heterocycles. The fourth-order valence-corrected chi connectivity index (χ4v) is 1.18. The summed E-state index contributed by atoms with van der Waals surface area (Å²) in [5.41, 5.74) is 4.44. The minimum atomic E-state index is -0.745. The second-order valence-electron chi connectivity index (χ2n) is 3.34. The minimum Gasteiger partial charge on any atom is -0.459 e. The number of ether oxygens (including phenoxy) is 1. The number of rotatable bonds is 1. The Hall–Kier alpha value is -1.06. The lowest BCUT2D eigenvalue weighted by Gasteiger charge is -2.14. The van der Waals surface area contributed by atoms with Crippen LogP contribution in [0, 0.1) is 5.92 Å². The Kier molecular flexibility index (Phi) is 1.62. The van der Waals surface area contributed by atoms with Gasteiger partial charge in [-0.1, -0.05) is 0 Å². The summed E-state index contributed by atoms with van der Waals surface area (Å²) in [6.45, 7) is 3.52. The molecule has 0 bridgehead atoms. The van der Waals surface area contributed by atoms with E-state index < -0.39 is 23.4 Å². The van der Waals surface area contributed by atoms with Gasteiger partial charge in [0.1, 0.15) is 11.5 Å². The molecule has 1 saturated heterocycles. The van der Waals surface area contributed by atoms with Gasteiger partial charge in [0.2, 0.25) is 5.91 Å². The van der Waals surface area contributed by atoms with E-state index in [0.717, 1.165) is 0 Å². The molecule has 0 saturated carbocycles. The van der Waals surface area contributed by atoms with Crippen molar-refractivity contribution >= 4 is 11.9 Å². The lowest BCUT2D eigenvalue weighted by molar-refractivity contribution is -0.150. The maximum atomic E-state index is 10.9. The number of primary amides is 1. The number of nitrogens with two attached hydrogens (primary N) is 1. The first-order valence-corrected chi connectivity index (χ1v) is 3.44. The average molecular weight is 157 g/mol. The molecule has 4 heteroatoms. The van der Waals surface area contributed by atoms with Crippen LogP contribution in [0.5, 0.6) is 0 Å². The monoisotopic (exact) mass is 157 g/mol. The highest BCUT2D eigenvalue weighted by Gasteiger charge is 2.42. The van der Waals surface area contributed by atoms with E-state index in [4.69, 9.17) is 10.5 Å². The van der Waals surface area contributed by atoms with Crippen LogP contribution in [-0.4, -0.2) is 17.5 Å². The van der Waals surface area contributed by atoms with Gasteiger partial charge in [-0.25, -0.2) is 0 Å². The van der Waals surface area contributed by atoms with Gasteiger partial charge in [-0.15, -0.1) is 0 Å². The fourth-order valence-electron chi connectivity index (χ4n) is 1.18. The molecule has 0 radical (unpaired) electrons. The summed E-state index contributed by atoms with van der Waals surface area (Å²) in [6, 6.07) is 0. The fraction of sp³-hybridized carbons (Fsp3) is 0.714. The van der Waals surface area contributed by atoms with Crippen LogP contribution in [0.2, 0.25) is 0 Å². The third-order valence-electron chi connectivity index (χ3n) is 1.70. The van der Waals surface area contributed by atoms with Crippen molar-refractivity contribution in [3.05, 3.63) is 0 Å². The maximum absolute atomic E-state index is 10.9. The summed E-state index contributed by atoms with van der Waals surface area (Å²) < 4.78 is 4.88. The van der Waals surface area contributed by atoms with Gasteiger partial charge in [-0.2, -0.15) is 0 Å². The summed E-state index contributed by atoms with van der Waals surface area (Å²) in [5.74, 6) is -1.84. The van der Waals surface area contributed by atoms with Gasteiger partial charge in [0.05, 0.1) is 0 Å². The normalized spacial score (nSPS) is 28.2. The van der Waals surface area contributed by atoms with Gasteiger partial charge in [0.15, 0.2) is 0 Å². The van der Waals surface area contributed by atoms with Crippen LogP contribution in [0.3, 0.4) is 0 Å². The second kappa shape index (κ2) is 2.22. The topological polar surface area (TPSA) is 69.4 Å². The van der Waals surface area contributed by atoms with Crippen LogP contribution in [-0.2, 0) is 14.3 Å². The smallest absolute Gasteiger partial charge is 0.319 e. The summed E-state index contributed by atoms with van der Waals surface area (Å²) in [4.78, 5) is 21.5. The van der Waals surface area contributed by atoms with Gasteiger partial charge in [-0.05, 0) is 13.8 Å². The number of cyclic esters (lactones) is 1. The Bertz CT molecular complexity index is 210. The van der Waals surface area contributed by atoms with Crippen molar-refractivity contribution < 1.29 is 14.3 Å². The second-order valence-corrected chi connectivity index (χ2v) is 3.34. The molecule has 0 spiro atoms. The molecule has 1 aliphatic rings. The molecule has 1 atom stereocenters. The molecule has 1 rings (SSSR count). The Morgan fingerprint density at radius 2 is 2.27 bits per heavy atom. The van der Waals surface area contributed by atoms with Crippen LogP contribution in [0.15, 0.2) is 0 Å². The van der Waals surface area contributed by atoms with Crippen LogP contribution in [0.4, 0.5) is 0 Å². The molecule has 1 aliphatic heterocycles. The lowest BCUT2D eigenvalue weighted by Crippen LogP contribution is -2.26. The molecule has 1 amide bonds. The van der Waals surface area contributed by atoms with Crippen molar-refractivity contribution in [1.29, 1.82) is 0 Å². The quantitative estimate of drug-likeness (QED) is 0.423. The Morgan fingerprint density at radius 1 is 1.73 bits per heavy atom. The van der Waals surface area contributed by atoms with E-state index >= 15 is 0 Å². The zero-order chi connectivity index (χ0) is 8.65. The van der Waals surface area contributed by atoms with Crippen molar-refractivity contribution in [3.8, 4) is 0 Å². The Balaban J connectivity index is 2.74. The predicted molar refractivity (Wildman–Crippen MR) is 37.5 cm³/mol. The number of hydrogen-bond donors (Lipinski definition) is 1. The number of carbonyl (C=O) groups excluding carboxylic acids is 2. The number of hydrogen-bond acceptors (Lipinski definition) is 3. The molecular weight excluding hydrogens is 146 g/mol. The molecule has 2 N–H and O–H groups in total. The van der Waals surface area contributed by atoms with E-state index in [1.165, 1.54) is 0 Å². The average Bonchev–Trinajstić information content (AvgIpc) is 2.05. The SMILES string of the molecule is CC1(C)C[C@H](C(N)=O)C(=O)O1. The van der Waals surface area contributed by atoms with E-state index in [9.17, 15) is 9.59 Å². The summed E-state index contributed by atoms with van der Waals surface area (Å²) in [7, 11) is 0.